The van der Waals surface area contributed by atoms with Crippen LogP contribution in [0.5, 0.6) is 0 Å². The van der Waals surface area contributed by atoms with Gasteiger partial charge in [-0.05, 0) is 32.3 Å². The number of nitro benzene ring substituents is 1. The molecule has 0 aliphatic carbocycles. The number of amides is 2. The lowest BCUT2D eigenvalue weighted by atomic mass is 10.0. The maximum Gasteiger partial charge on any atom is 0.273 e. The molecule has 166 valence electrons. The molecular weight excluding hydrogens is 394 g/mol. The molecule has 0 spiro atoms. The Bertz CT molecular complexity index is 911. The highest BCUT2D eigenvalue weighted by Gasteiger charge is 2.30. The number of nitro groups is 1. The third kappa shape index (κ3) is 6.64. The van der Waals surface area contributed by atoms with Gasteiger partial charge < -0.3 is 10.2 Å². The second-order valence-corrected chi connectivity index (χ2v) is 7.81. The molecule has 0 fully saturated rings. The highest BCUT2D eigenvalue weighted by Crippen LogP contribution is 2.21. The van der Waals surface area contributed by atoms with Crippen LogP contribution in [0.3, 0.4) is 0 Å². The molecule has 7 nitrogen and oxygen atoms in total. The summed E-state index contributed by atoms with van der Waals surface area (Å²) < 4.78 is 0. The molecule has 0 saturated carbocycles. The largest absolute Gasteiger partial charge is 0.352 e. The summed E-state index contributed by atoms with van der Waals surface area (Å²) in [6.45, 7) is 8.00. The van der Waals surface area contributed by atoms with Gasteiger partial charge in [-0.1, -0.05) is 61.9 Å². The first-order valence-corrected chi connectivity index (χ1v) is 10.6. The predicted molar refractivity (Wildman–Crippen MR) is 121 cm³/mol. The molecule has 31 heavy (non-hydrogen) atoms. The van der Waals surface area contributed by atoms with Gasteiger partial charge in [-0.25, -0.2) is 0 Å². The van der Waals surface area contributed by atoms with Crippen LogP contribution in [0.4, 0.5) is 5.69 Å². The zero-order valence-corrected chi connectivity index (χ0v) is 18.6. The molecule has 0 aliphatic rings. The Kier molecular flexibility index (Phi) is 8.73. The highest BCUT2D eigenvalue weighted by atomic mass is 16.6. The maximum absolute atomic E-state index is 13.3. The Balaban J connectivity index is 2.35. The highest BCUT2D eigenvalue weighted by molar-refractivity contribution is 5.89. The Morgan fingerprint density at radius 3 is 2.29 bits per heavy atom. The Morgan fingerprint density at radius 2 is 1.71 bits per heavy atom. The summed E-state index contributed by atoms with van der Waals surface area (Å²) >= 11 is 0. The monoisotopic (exact) mass is 425 g/mol. The normalized spacial score (nSPS) is 12.6. The summed E-state index contributed by atoms with van der Waals surface area (Å²) in [5, 5.41) is 14.3. The minimum Gasteiger partial charge on any atom is -0.352 e. The van der Waals surface area contributed by atoms with Crippen LogP contribution in [0, 0.1) is 17.0 Å². The summed E-state index contributed by atoms with van der Waals surface area (Å²) in [6.07, 6.45) is 1.08. The Morgan fingerprint density at radius 1 is 1.06 bits per heavy atom. The van der Waals surface area contributed by atoms with Gasteiger partial charge in [-0.2, -0.15) is 0 Å². The molecule has 0 saturated heterocycles. The molecule has 0 unspecified atom stereocenters. The van der Waals surface area contributed by atoms with Crippen molar-refractivity contribution in [3.05, 3.63) is 75.3 Å². The molecule has 7 heteroatoms. The second-order valence-electron chi connectivity index (χ2n) is 7.81. The molecule has 0 aromatic heterocycles. The SMILES string of the molecule is CC[C@H](C)NC(=O)[C@H](CC)N(Cc1ccc(C)cc1)C(=O)Cc1ccccc1[N+](=O)[O-]. The van der Waals surface area contributed by atoms with Gasteiger partial charge in [0.15, 0.2) is 0 Å². The number of hydrogen-bond acceptors (Lipinski definition) is 4. The lowest BCUT2D eigenvalue weighted by molar-refractivity contribution is -0.385. The van der Waals surface area contributed by atoms with Crippen LogP contribution in [-0.2, 0) is 22.6 Å². The minimum absolute atomic E-state index is 0.00640. The number of carbonyl (C=O) groups excluding carboxylic acids is 2. The molecule has 2 aromatic rings. The van der Waals surface area contributed by atoms with E-state index in [1.807, 2.05) is 52.0 Å². The van der Waals surface area contributed by atoms with Crippen molar-refractivity contribution in [2.75, 3.05) is 0 Å². The lowest BCUT2D eigenvalue weighted by Gasteiger charge is -2.31. The fraction of sp³-hybridized carbons (Fsp3) is 0.417. The Labute approximate surface area is 183 Å². The number of hydrogen-bond donors (Lipinski definition) is 1. The van der Waals surface area contributed by atoms with Crippen LogP contribution in [0.2, 0.25) is 0 Å². The van der Waals surface area contributed by atoms with Crippen molar-refractivity contribution in [2.24, 2.45) is 0 Å². The first kappa shape index (κ1) is 24.1. The molecule has 0 bridgehead atoms. The van der Waals surface area contributed by atoms with Gasteiger partial charge in [0.05, 0.1) is 11.3 Å². The fourth-order valence-corrected chi connectivity index (χ4v) is 3.35. The third-order valence-corrected chi connectivity index (χ3v) is 5.39. The Hall–Kier alpha value is -3.22. The van der Waals surface area contributed by atoms with Crippen LogP contribution in [0.25, 0.3) is 0 Å². The van der Waals surface area contributed by atoms with Crippen molar-refractivity contribution in [2.45, 2.75) is 65.6 Å². The van der Waals surface area contributed by atoms with Crippen molar-refractivity contribution < 1.29 is 14.5 Å². The van der Waals surface area contributed by atoms with E-state index in [2.05, 4.69) is 5.32 Å². The first-order valence-electron chi connectivity index (χ1n) is 10.6. The molecular formula is C24H31N3O4. The summed E-state index contributed by atoms with van der Waals surface area (Å²) in [5.41, 5.74) is 2.24. The van der Waals surface area contributed by atoms with Crippen molar-refractivity contribution in [3.63, 3.8) is 0 Å². The van der Waals surface area contributed by atoms with Gasteiger partial charge in [0.2, 0.25) is 11.8 Å². The van der Waals surface area contributed by atoms with Crippen molar-refractivity contribution in [3.8, 4) is 0 Å². The van der Waals surface area contributed by atoms with E-state index in [9.17, 15) is 19.7 Å². The number of nitrogens with zero attached hydrogens (tertiary/aromatic N) is 2. The zero-order chi connectivity index (χ0) is 23.0. The van der Waals surface area contributed by atoms with Crippen LogP contribution >= 0.6 is 0 Å². The van der Waals surface area contributed by atoms with Gasteiger partial charge in [0.25, 0.3) is 5.69 Å². The van der Waals surface area contributed by atoms with Crippen LogP contribution in [-0.4, -0.2) is 33.7 Å². The summed E-state index contributed by atoms with van der Waals surface area (Å²) in [4.78, 5) is 38.7. The average Bonchev–Trinajstić information content (AvgIpc) is 2.75. The lowest BCUT2D eigenvalue weighted by Crippen LogP contribution is -2.51. The van der Waals surface area contributed by atoms with Gasteiger partial charge in [0.1, 0.15) is 6.04 Å². The van der Waals surface area contributed by atoms with E-state index in [1.54, 1.807) is 23.1 Å². The smallest absolute Gasteiger partial charge is 0.273 e. The predicted octanol–water partition coefficient (Wildman–Crippen LogP) is 4.17. The third-order valence-electron chi connectivity index (χ3n) is 5.39. The number of carbonyl (C=O) groups is 2. The second kappa shape index (κ2) is 11.2. The van der Waals surface area contributed by atoms with E-state index >= 15 is 0 Å². The van der Waals surface area contributed by atoms with Crippen LogP contribution in [0.1, 0.15) is 50.3 Å². The van der Waals surface area contributed by atoms with Gasteiger partial charge in [0, 0.05) is 24.2 Å². The van der Waals surface area contributed by atoms with Crippen molar-refractivity contribution in [1.82, 2.24) is 10.2 Å². The van der Waals surface area contributed by atoms with Gasteiger partial charge >= 0.3 is 0 Å². The van der Waals surface area contributed by atoms with Crippen LogP contribution < -0.4 is 5.32 Å². The van der Waals surface area contributed by atoms with E-state index < -0.39 is 11.0 Å². The van der Waals surface area contributed by atoms with Gasteiger partial charge in [-0.3, -0.25) is 19.7 Å². The molecule has 2 amide bonds. The van der Waals surface area contributed by atoms with E-state index in [1.165, 1.54) is 6.07 Å². The standard InChI is InChI=1S/C24H31N3O4/c1-5-18(4)25-24(29)21(6-2)26(16-19-13-11-17(3)12-14-19)23(28)15-20-9-7-8-10-22(20)27(30)31/h7-14,18,21H,5-6,15-16H2,1-4H3,(H,25,29)/t18-,21-/m0/s1. The topological polar surface area (TPSA) is 92.6 Å². The fourth-order valence-electron chi connectivity index (χ4n) is 3.35. The maximum atomic E-state index is 13.3. The molecule has 1 N–H and O–H groups in total. The number of aryl methyl sites for hydroxylation is 1. The summed E-state index contributed by atoms with van der Waals surface area (Å²) in [7, 11) is 0. The summed E-state index contributed by atoms with van der Waals surface area (Å²) in [5.74, 6) is -0.527. The van der Waals surface area contributed by atoms with E-state index in [-0.39, 0.29) is 36.5 Å². The quantitative estimate of drug-likeness (QED) is 0.457. The molecule has 0 heterocycles. The van der Waals surface area contributed by atoms with E-state index in [4.69, 9.17) is 0 Å². The minimum atomic E-state index is -0.662. The molecule has 2 atom stereocenters. The molecule has 0 radical (unpaired) electrons. The average molecular weight is 426 g/mol. The summed E-state index contributed by atoms with van der Waals surface area (Å²) in [6, 6.07) is 13.3. The molecule has 2 rings (SSSR count). The number of rotatable bonds is 10. The number of para-hydroxylation sites is 1. The van der Waals surface area contributed by atoms with Gasteiger partial charge in [-0.15, -0.1) is 0 Å². The number of benzene rings is 2. The van der Waals surface area contributed by atoms with Crippen molar-refractivity contribution >= 4 is 17.5 Å². The zero-order valence-electron chi connectivity index (χ0n) is 18.6. The number of nitrogens with one attached hydrogen (secondary N) is 1. The van der Waals surface area contributed by atoms with E-state index in [0.29, 0.717) is 12.0 Å². The van der Waals surface area contributed by atoms with Crippen LogP contribution in [0.15, 0.2) is 48.5 Å². The first-order chi connectivity index (χ1) is 14.8. The van der Waals surface area contributed by atoms with Crippen molar-refractivity contribution in [1.29, 1.82) is 0 Å². The molecule has 0 aliphatic heterocycles. The van der Waals surface area contributed by atoms with E-state index in [0.717, 1.165) is 17.5 Å². The molecule has 2 aromatic carbocycles.